The second-order valence-corrected chi connectivity index (χ2v) is 8.62. The van der Waals surface area contributed by atoms with E-state index in [2.05, 4.69) is 32.4 Å². The highest BCUT2D eigenvalue weighted by molar-refractivity contribution is 14.0. The van der Waals surface area contributed by atoms with Crippen molar-refractivity contribution in [1.29, 1.82) is 0 Å². The molecular formula is C21H36ClIN6O2. The highest BCUT2D eigenvalue weighted by Crippen LogP contribution is 2.11. The Bertz CT molecular complexity index is 688. The summed E-state index contributed by atoms with van der Waals surface area (Å²) in [6.07, 6.45) is 2.42. The van der Waals surface area contributed by atoms with Crippen molar-refractivity contribution in [1.82, 2.24) is 25.4 Å². The van der Waals surface area contributed by atoms with Gasteiger partial charge in [-0.25, -0.2) is 9.78 Å². The number of pyridine rings is 1. The smallest absolute Gasteiger partial charge is 0.410 e. The van der Waals surface area contributed by atoms with Crippen LogP contribution in [0.4, 0.5) is 4.79 Å². The van der Waals surface area contributed by atoms with Crippen molar-refractivity contribution in [3.8, 4) is 0 Å². The van der Waals surface area contributed by atoms with E-state index in [1.165, 1.54) is 0 Å². The Morgan fingerprint density at radius 3 is 2.52 bits per heavy atom. The third-order valence-corrected chi connectivity index (χ3v) is 4.77. The van der Waals surface area contributed by atoms with Gasteiger partial charge in [-0.2, -0.15) is 0 Å². The number of piperazine rings is 1. The summed E-state index contributed by atoms with van der Waals surface area (Å²) in [6.45, 7) is 13.9. The van der Waals surface area contributed by atoms with Crippen molar-refractivity contribution in [3.63, 3.8) is 0 Å². The van der Waals surface area contributed by atoms with E-state index in [1.54, 1.807) is 17.2 Å². The molecule has 1 aliphatic heterocycles. The van der Waals surface area contributed by atoms with Gasteiger partial charge < -0.3 is 20.3 Å². The molecule has 8 nitrogen and oxygen atoms in total. The number of rotatable bonds is 7. The first-order valence-electron chi connectivity index (χ1n) is 10.6. The minimum Gasteiger partial charge on any atom is -0.444 e. The number of hydrogen-bond acceptors (Lipinski definition) is 5. The third kappa shape index (κ3) is 11.2. The zero-order chi connectivity index (χ0) is 22.0. The van der Waals surface area contributed by atoms with E-state index in [-0.39, 0.29) is 30.1 Å². The minimum atomic E-state index is -0.456. The Morgan fingerprint density at radius 2 is 1.94 bits per heavy atom. The Balaban J connectivity index is 0.00000480. The summed E-state index contributed by atoms with van der Waals surface area (Å²) < 4.78 is 5.45. The van der Waals surface area contributed by atoms with E-state index >= 15 is 0 Å². The molecule has 0 unspecified atom stereocenters. The molecule has 1 aromatic rings. The van der Waals surface area contributed by atoms with Crippen LogP contribution in [0.25, 0.3) is 0 Å². The molecule has 10 heteroatoms. The second-order valence-electron chi connectivity index (χ2n) is 8.24. The number of aromatic nitrogens is 1. The minimum absolute atomic E-state index is 0. The number of amides is 1. The lowest BCUT2D eigenvalue weighted by Crippen LogP contribution is -2.50. The zero-order valence-corrected chi connectivity index (χ0v) is 22.1. The van der Waals surface area contributed by atoms with Gasteiger partial charge in [0.2, 0.25) is 0 Å². The molecule has 0 aromatic carbocycles. The van der Waals surface area contributed by atoms with E-state index in [0.29, 0.717) is 24.8 Å². The average Bonchev–Trinajstić information content (AvgIpc) is 2.69. The monoisotopic (exact) mass is 566 g/mol. The van der Waals surface area contributed by atoms with Crippen LogP contribution in [0.2, 0.25) is 5.15 Å². The van der Waals surface area contributed by atoms with E-state index in [1.807, 2.05) is 26.8 Å². The molecule has 1 aromatic heterocycles. The van der Waals surface area contributed by atoms with Gasteiger partial charge in [0.25, 0.3) is 0 Å². The van der Waals surface area contributed by atoms with Crippen LogP contribution in [0.15, 0.2) is 23.3 Å². The van der Waals surface area contributed by atoms with Gasteiger partial charge in [0, 0.05) is 52.0 Å². The molecule has 0 aliphatic carbocycles. The summed E-state index contributed by atoms with van der Waals surface area (Å²) in [5.74, 6) is 0.812. The van der Waals surface area contributed by atoms with Crippen LogP contribution >= 0.6 is 35.6 Å². The first kappa shape index (κ1) is 27.7. The third-order valence-electron chi connectivity index (χ3n) is 4.55. The number of aliphatic imine (C=N–C) groups is 1. The molecule has 2 heterocycles. The number of carbonyl (C=O) groups excluding carboxylic acids is 1. The summed E-state index contributed by atoms with van der Waals surface area (Å²) in [5.41, 5.74) is 0.675. The normalized spacial score (nSPS) is 15.3. The first-order valence-corrected chi connectivity index (χ1v) is 11.0. The van der Waals surface area contributed by atoms with Crippen LogP contribution < -0.4 is 10.6 Å². The average molecular weight is 567 g/mol. The fourth-order valence-corrected chi connectivity index (χ4v) is 3.12. The Morgan fingerprint density at radius 1 is 1.23 bits per heavy atom. The molecule has 176 valence electrons. The molecule has 0 atom stereocenters. The quantitative estimate of drug-likeness (QED) is 0.229. The van der Waals surface area contributed by atoms with Crippen LogP contribution in [0.5, 0.6) is 0 Å². The fourth-order valence-electron chi connectivity index (χ4n) is 3.01. The van der Waals surface area contributed by atoms with Gasteiger partial charge in [-0.15, -0.1) is 24.0 Å². The van der Waals surface area contributed by atoms with Gasteiger partial charge in [-0.05, 0) is 45.7 Å². The number of hydrogen-bond donors (Lipinski definition) is 2. The molecule has 2 rings (SSSR count). The topological polar surface area (TPSA) is 82.1 Å². The molecule has 0 spiro atoms. The van der Waals surface area contributed by atoms with Crippen LogP contribution in [-0.2, 0) is 11.2 Å². The summed E-state index contributed by atoms with van der Waals surface area (Å²) in [7, 11) is 0. The summed E-state index contributed by atoms with van der Waals surface area (Å²) >= 11 is 5.82. The van der Waals surface area contributed by atoms with Crippen molar-refractivity contribution in [3.05, 3.63) is 29.0 Å². The predicted octanol–water partition coefficient (Wildman–Crippen LogP) is 3.00. The number of nitrogens with one attached hydrogen (secondary N) is 2. The highest BCUT2D eigenvalue weighted by atomic mass is 127. The number of halogens is 2. The molecule has 1 aliphatic rings. The molecular weight excluding hydrogens is 531 g/mol. The molecule has 0 saturated carbocycles. The fraction of sp³-hybridized carbons (Fsp3) is 0.667. The lowest BCUT2D eigenvalue weighted by Gasteiger charge is -2.35. The number of nitrogens with zero attached hydrogens (tertiary/aromatic N) is 4. The maximum absolute atomic E-state index is 12.2. The number of carbonyl (C=O) groups is 1. The maximum atomic E-state index is 12.2. The molecule has 1 fully saturated rings. The molecule has 2 N–H and O–H groups in total. The van der Waals surface area contributed by atoms with Gasteiger partial charge in [0.15, 0.2) is 5.96 Å². The standard InChI is InChI=1S/C21H35ClN6O2.HI/c1-5-23-19(24-9-8-17-6-7-18(22)26-16-17)25-10-11-27-12-14-28(15-13-27)20(29)30-21(2,3)4;/h6-7,16H,5,8-15H2,1-4H3,(H2,23,24,25);1H. The Hall–Kier alpha value is -1.33. The number of guanidine groups is 1. The van der Waals surface area contributed by atoms with Crippen molar-refractivity contribution in [2.45, 2.75) is 39.7 Å². The molecule has 1 amide bonds. The summed E-state index contributed by atoms with van der Waals surface area (Å²) in [4.78, 5) is 25.0. The van der Waals surface area contributed by atoms with Crippen LogP contribution in [0.1, 0.15) is 33.3 Å². The van der Waals surface area contributed by atoms with Gasteiger partial charge in [0.05, 0.1) is 6.54 Å². The van der Waals surface area contributed by atoms with Crippen LogP contribution in [-0.4, -0.2) is 84.8 Å². The maximum Gasteiger partial charge on any atom is 0.410 e. The van der Waals surface area contributed by atoms with E-state index in [0.717, 1.165) is 50.7 Å². The summed E-state index contributed by atoms with van der Waals surface area (Å²) in [5, 5.41) is 7.14. The lowest BCUT2D eigenvalue weighted by molar-refractivity contribution is 0.0148. The molecule has 31 heavy (non-hydrogen) atoms. The van der Waals surface area contributed by atoms with Crippen molar-refractivity contribution in [2.75, 3.05) is 52.4 Å². The van der Waals surface area contributed by atoms with Gasteiger partial charge in [0.1, 0.15) is 10.8 Å². The molecule has 0 bridgehead atoms. The first-order chi connectivity index (χ1) is 14.3. The Labute approximate surface area is 208 Å². The predicted molar refractivity (Wildman–Crippen MR) is 137 cm³/mol. The van der Waals surface area contributed by atoms with Crippen LogP contribution in [0, 0.1) is 0 Å². The lowest BCUT2D eigenvalue weighted by atomic mass is 10.2. The van der Waals surface area contributed by atoms with Crippen molar-refractivity contribution in [2.24, 2.45) is 4.99 Å². The summed E-state index contributed by atoms with van der Waals surface area (Å²) in [6, 6.07) is 3.79. The Kier molecular flexibility index (Phi) is 12.5. The van der Waals surface area contributed by atoms with Crippen molar-refractivity contribution >= 4 is 47.6 Å². The molecule has 0 radical (unpaired) electrons. The van der Waals surface area contributed by atoms with E-state index in [9.17, 15) is 4.79 Å². The van der Waals surface area contributed by atoms with Gasteiger partial charge in [-0.3, -0.25) is 9.89 Å². The van der Waals surface area contributed by atoms with E-state index in [4.69, 9.17) is 16.3 Å². The van der Waals surface area contributed by atoms with Gasteiger partial charge >= 0.3 is 6.09 Å². The number of ether oxygens (including phenoxy) is 1. The zero-order valence-electron chi connectivity index (χ0n) is 19.0. The van der Waals surface area contributed by atoms with E-state index < -0.39 is 5.60 Å². The molecule has 1 saturated heterocycles. The largest absolute Gasteiger partial charge is 0.444 e. The van der Waals surface area contributed by atoms with Crippen LogP contribution in [0.3, 0.4) is 0 Å². The second kappa shape index (κ2) is 13.9. The SMILES string of the molecule is CCNC(=NCCN1CCN(C(=O)OC(C)(C)C)CC1)NCCc1ccc(Cl)nc1.I. The van der Waals surface area contributed by atoms with Gasteiger partial charge in [-0.1, -0.05) is 17.7 Å². The highest BCUT2D eigenvalue weighted by Gasteiger charge is 2.25. The van der Waals surface area contributed by atoms with Crippen molar-refractivity contribution < 1.29 is 9.53 Å².